The van der Waals surface area contributed by atoms with E-state index >= 15 is 0 Å². The van der Waals surface area contributed by atoms with E-state index in [1.807, 2.05) is 13.8 Å². The monoisotopic (exact) mass is 479 g/mol. The molecule has 0 fully saturated rings. The topological polar surface area (TPSA) is 130 Å². The molecule has 0 aromatic heterocycles. The Balaban J connectivity index is 1.44. The van der Waals surface area contributed by atoms with Crippen LogP contribution in [0.4, 0.5) is 5.69 Å². The van der Waals surface area contributed by atoms with E-state index in [9.17, 15) is 14.9 Å². The van der Waals surface area contributed by atoms with E-state index in [4.69, 9.17) is 14.9 Å². The Morgan fingerprint density at radius 2 is 1.85 bits per heavy atom. The number of carbonyl (C=O) groups excluding carboxylic acids is 1. The van der Waals surface area contributed by atoms with Gasteiger partial charge in [0.15, 0.2) is 5.84 Å². The molecule has 0 aliphatic carbocycles. The summed E-state index contributed by atoms with van der Waals surface area (Å²) < 4.78 is 11.4. The van der Waals surface area contributed by atoms with Crippen LogP contribution in [-0.4, -0.2) is 45.1 Å². The van der Waals surface area contributed by atoms with Crippen molar-refractivity contribution in [1.29, 1.82) is 5.41 Å². The molecule has 0 unspecified atom stereocenters. The van der Waals surface area contributed by atoms with Crippen LogP contribution in [0, 0.1) is 21.4 Å². The number of para-hydroxylation sites is 1. The number of aliphatic imine (C=N–C) groups is 1. The SMILES string of the molecule is CC(C)C1=NN2C(=N)/C(=C/c3ccccc3OCCOc3ccc([N+](=O)[O-])cc3)C(=O)N=C2S1. The third-order valence-corrected chi connectivity index (χ3v) is 6.05. The second-order valence-electron chi connectivity index (χ2n) is 7.60. The molecule has 0 saturated carbocycles. The molecule has 2 aromatic carbocycles. The standard InChI is InChI=1S/C23H21N5O5S/c1-14(2)22-26-27-20(24)18(21(29)25-23(27)34-22)13-15-5-3-4-6-19(15)33-12-11-32-17-9-7-16(8-10-17)28(30)31/h3-10,13-14,24H,11-12H2,1-2H3/b18-13-,24-20?. The fraction of sp³-hybridized carbons (Fsp3) is 0.217. The fourth-order valence-electron chi connectivity index (χ4n) is 3.10. The minimum absolute atomic E-state index is 0.0107. The Morgan fingerprint density at radius 1 is 1.15 bits per heavy atom. The van der Waals surface area contributed by atoms with E-state index in [0.717, 1.165) is 5.04 Å². The second kappa shape index (κ2) is 9.87. The molecule has 0 atom stereocenters. The van der Waals surface area contributed by atoms with Crippen LogP contribution in [0.25, 0.3) is 6.08 Å². The number of ether oxygens (including phenoxy) is 2. The number of nitro benzene ring substituents is 1. The number of amidine groups is 2. The van der Waals surface area contributed by atoms with Crippen molar-refractivity contribution >= 4 is 45.5 Å². The maximum atomic E-state index is 12.6. The van der Waals surface area contributed by atoms with Gasteiger partial charge in [0, 0.05) is 23.6 Å². The maximum Gasteiger partial charge on any atom is 0.283 e. The smallest absolute Gasteiger partial charge is 0.283 e. The third kappa shape index (κ3) is 4.99. The van der Waals surface area contributed by atoms with E-state index in [1.165, 1.54) is 41.0 Å². The first-order valence-electron chi connectivity index (χ1n) is 10.4. The number of hydrogen-bond acceptors (Lipinski definition) is 8. The molecule has 174 valence electrons. The molecule has 2 aliphatic heterocycles. The van der Waals surface area contributed by atoms with E-state index in [-0.39, 0.29) is 36.2 Å². The van der Waals surface area contributed by atoms with Gasteiger partial charge in [-0.3, -0.25) is 20.3 Å². The summed E-state index contributed by atoms with van der Waals surface area (Å²) in [5.41, 5.74) is 0.726. The minimum atomic E-state index is -0.500. The zero-order chi connectivity index (χ0) is 24.2. The Kier molecular flexibility index (Phi) is 6.73. The average Bonchev–Trinajstić information content (AvgIpc) is 3.25. The van der Waals surface area contributed by atoms with Crippen LogP contribution in [-0.2, 0) is 4.79 Å². The molecule has 2 aromatic rings. The van der Waals surface area contributed by atoms with Crippen molar-refractivity contribution in [2.75, 3.05) is 13.2 Å². The van der Waals surface area contributed by atoms with Crippen molar-refractivity contribution in [3.8, 4) is 11.5 Å². The lowest BCUT2D eigenvalue weighted by atomic mass is 10.1. The number of nitrogens with one attached hydrogen (secondary N) is 1. The lowest BCUT2D eigenvalue weighted by Crippen LogP contribution is -2.35. The van der Waals surface area contributed by atoms with Crippen LogP contribution in [0.1, 0.15) is 19.4 Å². The number of rotatable bonds is 8. The molecule has 34 heavy (non-hydrogen) atoms. The zero-order valence-corrected chi connectivity index (χ0v) is 19.2. The Bertz CT molecular complexity index is 1240. The predicted molar refractivity (Wildman–Crippen MR) is 130 cm³/mol. The largest absolute Gasteiger partial charge is 0.490 e. The highest BCUT2D eigenvalue weighted by Crippen LogP contribution is 2.31. The van der Waals surface area contributed by atoms with Gasteiger partial charge in [-0.05, 0) is 36.0 Å². The highest BCUT2D eigenvalue weighted by molar-refractivity contribution is 8.27. The van der Waals surface area contributed by atoms with Crippen LogP contribution < -0.4 is 9.47 Å². The van der Waals surface area contributed by atoms with Crippen LogP contribution in [0.2, 0.25) is 0 Å². The first kappa shape index (κ1) is 23.2. The van der Waals surface area contributed by atoms with Gasteiger partial charge in [0.25, 0.3) is 11.6 Å². The minimum Gasteiger partial charge on any atom is -0.490 e. The third-order valence-electron chi connectivity index (χ3n) is 4.84. The summed E-state index contributed by atoms with van der Waals surface area (Å²) in [6, 6.07) is 12.9. The summed E-state index contributed by atoms with van der Waals surface area (Å²) in [5, 5.41) is 26.2. The Hall–Kier alpha value is -3.99. The number of thioether (sulfide) groups is 1. The van der Waals surface area contributed by atoms with Crippen molar-refractivity contribution in [2.45, 2.75) is 13.8 Å². The van der Waals surface area contributed by atoms with Gasteiger partial charge in [0.05, 0.1) is 10.5 Å². The van der Waals surface area contributed by atoms with Crippen LogP contribution >= 0.6 is 11.8 Å². The molecular weight excluding hydrogens is 458 g/mol. The number of non-ortho nitro benzene ring substituents is 1. The summed E-state index contributed by atoms with van der Waals surface area (Å²) in [7, 11) is 0. The average molecular weight is 480 g/mol. The molecule has 0 radical (unpaired) electrons. The van der Waals surface area contributed by atoms with Crippen molar-refractivity contribution in [3.63, 3.8) is 0 Å². The quantitative estimate of drug-likeness (QED) is 0.258. The first-order chi connectivity index (χ1) is 16.3. The molecule has 0 bridgehead atoms. The fourth-order valence-corrected chi connectivity index (χ4v) is 3.99. The van der Waals surface area contributed by atoms with E-state index < -0.39 is 10.8 Å². The first-order valence-corrected chi connectivity index (χ1v) is 11.2. The number of amides is 1. The van der Waals surface area contributed by atoms with Gasteiger partial charge in [-0.2, -0.15) is 15.1 Å². The van der Waals surface area contributed by atoms with Crippen LogP contribution in [0.15, 0.2) is 64.2 Å². The predicted octanol–water partition coefficient (Wildman–Crippen LogP) is 4.33. The van der Waals surface area contributed by atoms with Crippen molar-refractivity contribution in [2.24, 2.45) is 16.0 Å². The normalized spacial score (nSPS) is 16.4. The second-order valence-corrected chi connectivity index (χ2v) is 8.59. The molecule has 0 saturated heterocycles. The lowest BCUT2D eigenvalue weighted by Gasteiger charge is -2.20. The number of hydrogen-bond donors (Lipinski definition) is 1. The highest BCUT2D eigenvalue weighted by Gasteiger charge is 2.36. The summed E-state index contributed by atoms with van der Waals surface area (Å²) in [6.45, 7) is 4.40. The number of nitro groups is 1. The number of fused-ring (bicyclic) bond motifs is 1. The van der Waals surface area contributed by atoms with Gasteiger partial charge in [-0.1, -0.05) is 32.0 Å². The molecule has 10 nitrogen and oxygen atoms in total. The van der Waals surface area contributed by atoms with Gasteiger partial charge in [-0.15, -0.1) is 0 Å². The maximum absolute atomic E-state index is 12.6. The molecular formula is C23H21N5O5S. The number of benzene rings is 2. The zero-order valence-electron chi connectivity index (χ0n) is 18.4. The van der Waals surface area contributed by atoms with Crippen LogP contribution in [0.3, 0.4) is 0 Å². The summed E-state index contributed by atoms with van der Waals surface area (Å²) in [5.74, 6) is 0.634. The van der Waals surface area contributed by atoms with Gasteiger partial charge >= 0.3 is 0 Å². The van der Waals surface area contributed by atoms with Crippen LogP contribution in [0.5, 0.6) is 11.5 Å². The number of nitrogens with zero attached hydrogens (tertiary/aromatic N) is 4. The van der Waals surface area contributed by atoms with Gasteiger partial charge in [0.2, 0.25) is 5.17 Å². The Labute approximate surface area is 199 Å². The summed E-state index contributed by atoms with van der Waals surface area (Å²) in [6.07, 6.45) is 1.57. The molecule has 1 N–H and O–H groups in total. The lowest BCUT2D eigenvalue weighted by molar-refractivity contribution is -0.384. The van der Waals surface area contributed by atoms with Gasteiger partial charge < -0.3 is 9.47 Å². The van der Waals surface area contributed by atoms with Crippen molar-refractivity contribution in [3.05, 3.63) is 69.8 Å². The number of hydrazone groups is 1. The molecule has 11 heteroatoms. The Morgan fingerprint density at radius 3 is 2.56 bits per heavy atom. The number of carbonyl (C=O) groups is 1. The van der Waals surface area contributed by atoms with E-state index in [1.54, 1.807) is 30.3 Å². The van der Waals surface area contributed by atoms with E-state index in [2.05, 4.69) is 10.1 Å². The summed E-state index contributed by atoms with van der Waals surface area (Å²) >= 11 is 1.30. The van der Waals surface area contributed by atoms with Crippen molar-refractivity contribution in [1.82, 2.24) is 5.01 Å². The molecule has 2 aliphatic rings. The highest BCUT2D eigenvalue weighted by atomic mass is 32.2. The van der Waals surface area contributed by atoms with E-state index in [0.29, 0.717) is 22.2 Å². The van der Waals surface area contributed by atoms with Gasteiger partial charge in [-0.25, -0.2) is 0 Å². The van der Waals surface area contributed by atoms with Gasteiger partial charge in [0.1, 0.15) is 29.8 Å². The van der Waals surface area contributed by atoms with Crippen molar-refractivity contribution < 1.29 is 19.2 Å². The summed E-state index contributed by atoms with van der Waals surface area (Å²) in [4.78, 5) is 27.0. The molecule has 1 amide bonds. The molecule has 4 rings (SSSR count). The molecule has 0 spiro atoms. The molecule has 2 heterocycles.